The maximum atomic E-state index is 11.3. The van der Waals surface area contributed by atoms with Crippen LogP contribution in [0.25, 0.3) is 0 Å². The number of rotatable bonds is 7. The van der Waals surface area contributed by atoms with Crippen molar-refractivity contribution in [1.29, 1.82) is 0 Å². The van der Waals surface area contributed by atoms with Crippen LogP contribution in [0.5, 0.6) is 5.75 Å². The fourth-order valence-corrected chi connectivity index (χ4v) is 4.14. The van der Waals surface area contributed by atoms with E-state index < -0.39 is 5.97 Å². The Bertz CT molecular complexity index is 933. The second-order valence-electron chi connectivity index (χ2n) is 7.81. The van der Waals surface area contributed by atoms with Crippen LogP contribution in [0, 0.1) is 5.92 Å². The predicted molar refractivity (Wildman–Crippen MR) is 117 cm³/mol. The first kappa shape index (κ1) is 20.2. The second-order valence-corrected chi connectivity index (χ2v) is 7.81. The highest BCUT2D eigenvalue weighted by Gasteiger charge is 2.30. The van der Waals surface area contributed by atoms with Gasteiger partial charge in [-0.25, -0.2) is 0 Å². The van der Waals surface area contributed by atoms with Crippen LogP contribution < -0.4 is 4.74 Å². The summed E-state index contributed by atoms with van der Waals surface area (Å²) in [4.78, 5) is 13.7. The van der Waals surface area contributed by atoms with E-state index in [2.05, 4.69) is 53.4 Å². The topological polar surface area (TPSA) is 49.8 Å². The molecule has 1 unspecified atom stereocenters. The number of hydrogen-bond acceptors (Lipinski definition) is 3. The number of ether oxygens (including phenoxy) is 1. The first-order chi connectivity index (χ1) is 14.7. The summed E-state index contributed by atoms with van der Waals surface area (Å²) in [5.41, 5.74) is 3.57. The zero-order valence-corrected chi connectivity index (χ0v) is 17.0. The molecule has 4 heteroatoms. The van der Waals surface area contributed by atoms with Gasteiger partial charge in [0.2, 0.25) is 0 Å². The van der Waals surface area contributed by atoms with Gasteiger partial charge in [0, 0.05) is 0 Å². The molecule has 1 aliphatic rings. The molecule has 4 rings (SSSR count). The third kappa shape index (κ3) is 4.89. The van der Waals surface area contributed by atoms with Crippen LogP contribution in [0.2, 0.25) is 0 Å². The van der Waals surface area contributed by atoms with E-state index in [1.807, 2.05) is 36.4 Å². The van der Waals surface area contributed by atoms with Crippen molar-refractivity contribution in [3.05, 3.63) is 102 Å². The Morgan fingerprint density at radius 3 is 2.03 bits per heavy atom. The number of carboxylic acid groups (broad SMARTS) is 1. The largest absolute Gasteiger partial charge is 0.489 e. The van der Waals surface area contributed by atoms with Gasteiger partial charge in [0.1, 0.15) is 12.4 Å². The summed E-state index contributed by atoms with van der Waals surface area (Å²) in [5, 5.41) is 9.33. The highest BCUT2D eigenvalue weighted by molar-refractivity contribution is 5.70. The minimum atomic E-state index is -0.675. The Morgan fingerprint density at radius 1 is 0.867 bits per heavy atom. The van der Waals surface area contributed by atoms with Crippen molar-refractivity contribution in [2.24, 2.45) is 5.92 Å². The first-order valence-electron chi connectivity index (χ1n) is 10.5. The molecule has 0 aromatic heterocycles. The monoisotopic (exact) mass is 401 g/mol. The standard InChI is InChI=1S/C26H27NO3/c28-26(29)23-15-17-27(18-16-23)25(21-9-5-2-6-10-21)22-11-13-24(14-12-22)30-19-20-7-3-1-4-8-20/h1-14,23,25H,15-19H2,(H,28,29). The van der Waals surface area contributed by atoms with Gasteiger partial charge in [-0.2, -0.15) is 0 Å². The first-order valence-corrected chi connectivity index (χ1v) is 10.5. The molecule has 4 nitrogen and oxygen atoms in total. The molecular formula is C26H27NO3. The van der Waals surface area contributed by atoms with Gasteiger partial charge in [0.25, 0.3) is 0 Å². The molecule has 3 aromatic carbocycles. The summed E-state index contributed by atoms with van der Waals surface area (Å²) in [6.45, 7) is 2.11. The van der Waals surface area contributed by atoms with E-state index in [1.165, 1.54) is 11.1 Å². The van der Waals surface area contributed by atoms with E-state index in [-0.39, 0.29) is 12.0 Å². The van der Waals surface area contributed by atoms with E-state index in [0.717, 1.165) is 24.4 Å². The Balaban J connectivity index is 1.50. The lowest BCUT2D eigenvalue weighted by molar-refractivity contribution is -0.143. The number of hydrogen-bond donors (Lipinski definition) is 1. The number of likely N-dealkylation sites (tertiary alicyclic amines) is 1. The van der Waals surface area contributed by atoms with Gasteiger partial charge >= 0.3 is 5.97 Å². The summed E-state index contributed by atoms with van der Waals surface area (Å²) in [6, 6.07) is 29.0. The quantitative estimate of drug-likeness (QED) is 0.595. The molecule has 0 aliphatic carbocycles. The van der Waals surface area contributed by atoms with Crippen LogP contribution in [0.4, 0.5) is 0 Å². The van der Waals surface area contributed by atoms with Crippen molar-refractivity contribution in [3.8, 4) is 5.75 Å². The maximum Gasteiger partial charge on any atom is 0.306 e. The van der Waals surface area contributed by atoms with Crippen LogP contribution in [0.1, 0.15) is 35.6 Å². The van der Waals surface area contributed by atoms with Crippen molar-refractivity contribution in [2.45, 2.75) is 25.5 Å². The minimum Gasteiger partial charge on any atom is -0.489 e. The van der Waals surface area contributed by atoms with E-state index in [9.17, 15) is 9.90 Å². The van der Waals surface area contributed by atoms with Crippen LogP contribution in [-0.2, 0) is 11.4 Å². The molecule has 3 aromatic rings. The van der Waals surface area contributed by atoms with Crippen LogP contribution in [-0.4, -0.2) is 29.1 Å². The maximum absolute atomic E-state index is 11.3. The highest BCUT2D eigenvalue weighted by Crippen LogP contribution is 2.33. The van der Waals surface area contributed by atoms with E-state index in [1.54, 1.807) is 0 Å². The van der Waals surface area contributed by atoms with Crippen LogP contribution in [0.3, 0.4) is 0 Å². The molecule has 1 aliphatic heterocycles. The lowest BCUT2D eigenvalue weighted by Crippen LogP contribution is -2.39. The van der Waals surface area contributed by atoms with Crippen LogP contribution in [0.15, 0.2) is 84.9 Å². The van der Waals surface area contributed by atoms with Crippen molar-refractivity contribution >= 4 is 5.97 Å². The average Bonchev–Trinajstić information content (AvgIpc) is 2.80. The summed E-state index contributed by atoms with van der Waals surface area (Å²) in [5.74, 6) is -0.0590. The zero-order chi connectivity index (χ0) is 20.8. The smallest absolute Gasteiger partial charge is 0.306 e. The predicted octanol–water partition coefficient (Wildman–Crippen LogP) is 5.15. The average molecular weight is 402 g/mol. The van der Waals surface area contributed by atoms with Gasteiger partial charge in [-0.05, 0) is 54.8 Å². The van der Waals surface area contributed by atoms with Gasteiger partial charge in [0.05, 0.1) is 12.0 Å². The number of benzene rings is 3. The Morgan fingerprint density at radius 2 is 1.43 bits per heavy atom. The van der Waals surface area contributed by atoms with E-state index in [4.69, 9.17) is 4.74 Å². The molecular weight excluding hydrogens is 374 g/mol. The molecule has 1 heterocycles. The van der Waals surface area contributed by atoms with Crippen molar-refractivity contribution in [2.75, 3.05) is 13.1 Å². The molecule has 1 fully saturated rings. The molecule has 0 saturated carbocycles. The second kappa shape index (κ2) is 9.59. The number of carbonyl (C=O) groups is 1. The normalized spacial score (nSPS) is 16.1. The van der Waals surface area contributed by atoms with Crippen LogP contribution >= 0.6 is 0 Å². The SMILES string of the molecule is O=C(O)C1CCN(C(c2ccccc2)c2ccc(OCc3ccccc3)cc2)CC1. The minimum absolute atomic E-state index is 0.115. The van der Waals surface area contributed by atoms with E-state index >= 15 is 0 Å². The Labute approximate surface area is 177 Å². The third-order valence-electron chi connectivity index (χ3n) is 5.80. The van der Waals surface area contributed by atoms with Gasteiger partial charge in [-0.1, -0.05) is 72.8 Å². The molecule has 0 radical (unpaired) electrons. The van der Waals surface area contributed by atoms with Crippen molar-refractivity contribution in [3.63, 3.8) is 0 Å². The third-order valence-corrected chi connectivity index (χ3v) is 5.80. The molecule has 1 saturated heterocycles. The highest BCUT2D eigenvalue weighted by atomic mass is 16.5. The number of piperidine rings is 1. The molecule has 0 bridgehead atoms. The molecule has 30 heavy (non-hydrogen) atoms. The van der Waals surface area contributed by atoms with Crippen molar-refractivity contribution in [1.82, 2.24) is 4.90 Å². The zero-order valence-electron chi connectivity index (χ0n) is 17.0. The molecule has 1 atom stereocenters. The molecule has 1 N–H and O–H groups in total. The van der Waals surface area contributed by atoms with E-state index in [0.29, 0.717) is 19.4 Å². The lowest BCUT2D eigenvalue weighted by atomic mass is 9.91. The Kier molecular flexibility index (Phi) is 6.45. The fourth-order valence-electron chi connectivity index (χ4n) is 4.14. The number of aliphatic carboxylic acids is 1. The van der Waals surface area contributed by atoms with Gasteiger partial charge < -0.3 is 9.84 Å². The summed E-state index contributed by atoms with van der Waals surface area (Å²) >= 11 is 0. The lowest BCUT2D eigenvalue weighted by Gasteiger charge is -2.37. The molecule has 154 valence electrons. The van der Waals surface area contributed by atoms with Gasteiger partial charge in [-0.15, -0.1) is 0 Å². The van der Waals surface area contributed by atoms with Crippen molar-refractivity contribution < 1.29 is 14.6 Å². The molecule has 0 amide bonds. The summed E-state index contributed by atoms with van der Waals surface area (Å²) in [6.07, 6.45) is 1.38. The number of nitrogens with zero attached hydrogens (tertiary/aromatic N) is 1. The van der Waals surface area contributed by atoms with Gasteiger partial charge in [-0.3, -0.25) is 9.69 Å². The fraction of sp³-hybridized carbons (Fsp3) is 0.269. The molecule has 0 spiro atoms. The number of carboxylic acids is 1. The van der Waals surface area contributed by atoms with Gasteiger partial charge in [0.15, 0.2) is 0 Å². The Hall–Kier alpha value is -3.11. The summed E-state index contributed by atoms with van der Waals surface area (Å²) < 4.78 is 5.94. The summed E-state index contributed by atoms with van der Waals surface area (Å²) in [7, 11) is 0.